The fraction of sp³-hybridized carbons (Fsp3) is 0.474. The van der Waals surface area contributed by atoms with E-state index in [1.54, 1.807) is 17.9 Å². The zero-order valence-corrected chi connectivity index (χ0v) is 15.6. The second kappa shape index (κ2) is 7.29. The van der Waals surface area contributed by atoms with Gasteiger partial charge >= 0.3 is 0 Å². The smallest absolute Gasteiger partial charge is 0.292 e. The maximum absolute atomic E-state index is 13.6. The van der Waals surface area contributed by atoms with Crippen molar-refractivity contribution in [3.63, 3.8) is 0 Å². The van der Waals surface area contributed by atoms with Crippen LogP contribution in [0.3, 0.4) is 0 Å². The van der Waals surface area contributed by atoms with Gasteiger partial charge in [0, 0.05) is 36.3 Å². The average Bonchev–Trinajstić information content (AvgIpc) is 3.34. The highest BCUT2D eigenvalue weighted by molar-refractivity contribution is 5.91. The number of piperidine rings is 1. The Labute approximate surface area is 159 Å². The van der Waals surface area contributed by atoms with Gasteiger partial charge in [0.2, 0.25) is 5.76 Å². The first-order valence-corrected chi connectivity index (χ1v) is 9.27. The van der Waals surface area contributed by atoms with E-state index < -0.39 is 6.43 Å². The lowest BCUT2D eigenvalue weighted by Gasteiger charge is -2.32. The maximum atomic E-state index is 13.6. The topological polar surface area (TPSA) is 85.3 Å². The Balaban J connectivity index is 1.61. The van der Waals surface area contributed by atoms with Crippen molar-refractivity contribution < 1.29 is 22.6 Å². The summed E-state index contributed by atoms with van der Waals surface area (Å²) in [6.45, 7) is 4.48. The molecule has 1 atom stereocenters. The van der Waals surface area contributed by atoms with E-state index in [1.807, 2.05) is 6.92 Å². The van der Waals surface area contributed by atoms with Gasteiger partial charge < -0.3 is 13.9 Å². The first-order chi connectivity index (χ1) is 13.5. The number of alkyl halides is 2. The molecule has 4 heterocycles. The minimum atomic E-state index is -2.66. The molecule has 4 rings (SSSR count). The number of aryl methyl sites for hydroxylation is 2. The third-order valence-corrected chi connectivity index (χ3v) is 5.16. The molecule has 3 aromatic rings. The molecule has 0 aliphatic carbocycles. The van der Waals surface area contributed by atoms with E-state index in [2.05, 4.69) is 15.3 Å². The highest BCUT2D eigenvalue weighted by atomic mass is 19.3. The molecule has 1 amide bonds. The maximum Gasteiger partial charge on any atom is 0.292 e. The molecular formula is C19H20F2N4O3. The largest absolute Gasteiger partial charge is 0.351 e. The van der Waals surface area contributed by atoms with E-state index in [4.69, 9.17) is 9.05 Å². The Hall–Kier alpha value is -2.84. The molecule has 1 aliphatic heterocycles. The number of carbonyl (C=O) groups excluding carboxylic acids is 1. The molecule has 1 aliphatic rings. The average molecular weight is 390 g/mol. The molecule has 3 aromatic heterocycles. The van der Waals surface area contributed by atoms with Crippen molar-refractivity contribution in [2.24, 2.45) is 0 Å². The van der Waals surface area contributed by atoms with Crippen LogP contribution in [0.5, 0.6) is 0 Å². The number of likely N-dealkylation sites (tertiary alicyclic amines) is 1. The van der Waals surface area contributed by atoms with E-state index in [-0.39, 0.29) is 34.2 Å². The summed E-state index contributed by atoms with van der Waals surface area (Å²) in [6, 6.07) is 3.06. The summed E-state index contributed by atoms with van der Waals surface area (Å²) in [5, 5.41) is 7.88. The van der Waals surface area contributed by atoms with Gasteiger partial charge in [-0.2, -0.15) is 0 Å². The second-order valence-electron chi connectivity index (χ2n) is 7.01. The van der Waals surface area contributed by atoms with Gasteiger partial charge in [-0.05, 0) is 32.3 Å². The van der Waals surface area contributed by atoms with Crippen molar-refractivity contribution in [3.8, 4) is 0 Å². The standard InChI is InChI=1S/C19H20F2N4O3/c1-3-12-7-15(27-24-12)19(26)25-6-4-5-11(9-25)14-8-13(17(20)21)16-10(2)23-28-18(16)22-14/h7-8,11,17H,3-6,9H2,1-2H3/t11-/m0/s1. The Bertz CT molecular complexity index is 1010. The van der Waals surface area contributed by atoms with Crippen LogP contribution in [0.2, 0.25) is 0 Å². The molecule has 0 bridgehead atoms. The minimum absolute atomic E-state index is 0.108. The lowest BCUT2D eigenvalue weighted by Crippen LogP contribution is -2.39. The molecule has 0 aromatic carbocycles. The van der Waals surface area contributed by atoms with Gasteiger partial charge in [-0.1, -0.05) is 17.2 Å². The van der Waals surface area contributed by atoms with Gasteiger partial charge in [0.25, 0.3) is 18.0 Å². The summed E-state index contributed by atoms with van der Waals surface area (Å²) in [4.78, 5) is 18.8. The third kappa shape index (κ3) is 3.25. The molecule has 0 N–H and O–H groups in total. The monoisotopic (exact) mass is 390 g/mol. The number of fused-ring (bicyclic) bond motifs is 1. The van der Waals surface area contributed by atoms with Crippen LogP contribution in [-0.4, -0.2) is 39.2 Å². The molecule has 28 heavy (non-hydrogen) atoms. The van der Waals surface area contributed by atoms with Crippen molar-refractivity contribution in [1.29, 1.82) is 0 Å². The van der Waals surface area contributed by atoms with Gasteiger partial charge in [0.15, 0.2) is 0 Å². The molecule has 1 saturated heterocycles. The molecule has 1 fully saturated rings. The molecular weight excluding hydrogens is 370 g/mol. The number of hydrogen-bond donors (Lipinski definition) is 0. The first kappa shape index (κ1) is 18.5. The van der Waals surface area contributed by atoms with Crippen molar-refractivity contribution in [3.05, 3.63) is 40.5 Å². The fourth-order valence-electron chi connectivity index (χ4n) is 3.67. The Morgan fingerprint density at radius 3 is 2.86 bits per heavy atom. The van der Waals surface area contributed by atoms with Crippen molar-refractivity contribution >= 4 is 17.0 Å². The normalized spacial score (nSPS) is 17.6. The summed E-state index contributed by atoms with van der Waals surface area (Å²) < 4.78 is 37.4. The van der Waals surface area contributed by atoms with Crippen molar-refractivity contribution in [1.82, 2.24) is 20.2 Å². The summed E-state index contributed by atoms with van der Waals surface area (Å²) >= 11 is 0. The van der Waals surface area contributed by atoms with Crippen LogP contribution in [0.15, 0.2) is 21.2 Å². The molecule has 0 unspecified atom stereocenters. The van der Waals surface area contributed by atoms with Crippen LogP contribution in [0.1, 0.15) is 65.3 Å². The third-order valence-electron chi connectivity index (χ3n) is 5.16. The highest BCUT2D eigenvalue weighted by Crippen LogP contribution is 2.34. The lowest BCUT2D eigenvalue weighted by atomic mass is 9.92. The summed E-state index contributed by atoms with van der Waals surface area (Å²) in [5.41, 5.74) is 1.57. The van der Waals surface area contributed by atoms with E-state index in [0.29, 0.717) is 36.6 Å². The quantitative estimate of drug-likeness (QED) is 0.668. The fourth-order valence-corrected chi connectivity index (χ4v) is 3.67. The zero-order chi connectivity index (χ0) is 19.8. The number of aromatic nitrogens is 3. The van der Waals surface area contributed by atoms with Crippen LogP contribution in [0.4, 0.5) is 8.78 Å². The highest BCUT2D eigenvalue weighted by Gasteiger charge is 2.30. The Morgan fingerprint density at radius 2 is 2.14 bits per heavy atom. The number of hydrogen-bond acceptors (Lipinski definition) is 6. The van der Waals surface area contributed by atoms with E-state index >= 15 is 0 Å². The van der Waals surface area contributed by atoms with Crippen LogP contribution in [-0.2, 0) is 6.42 Å². The van der Waals surface area contributed by atoms with Crippen molar-refractivity contribution in [2.75, 3.05) is 13.1 Å². The van der Waals surface area contributed by atoms with Gasteiger partial charge in [-0.3, -0.25) is 4.79 Å². The summed E-state index contributed by atoms with van der Waals surface area (Å²) in [5.74, 6) is -0.221. The number of halogens is 2. The SMILES string of the molecule is CCc1cc(C(=O)N2CCC[C@H](c3cc(C(F)F)c4c(C)noc4n3)C2)on1. The van der Waals surface area contributed by atoms with Crippen molar-refractivity contribution in [2.45, 2.75) is 45.5 Å². The Morgan fingerprint density at radius 1 is 1.32 bits per heavy atom. The van der Waals surface area contributed by atoms with Gasteiger partial charge in [0.1, 0.15) is 0 Å². The number of amides is 1. The van der Waals surface area contributed by atoms with Crippen LogP contribution in [0, 0.1) is 6.92 Å². The van der Waals surface area contributed by atoms with Gasteiger partial charge in [0.05, 0.1) is 16.8 Å². The summed E-state index contributed by atoms with van der Waals surface area (Å²) in [7, 11) is 0. The molecule has 148 valence electrons. The van der Waals surface area contributed by atoms with E-state index in [9.17, 15) is 13.6 Å². The van der Waals surface area contributed by atoms with Gasteiger partial charge in [-0.25, -0.2) is 13.8 Å². The zero-order valence-electron chi connectivity index (χ0n) is 15.6. The molecule has 9 heteroatoms. The Kier molecular flexibility index (Phi) is 4.82. The van der Waals surface area contributed by atoms with Crippen LogP contribution < -0.4 is 0 Å². The lowest BCUT2D eigenvalue weighted by molar-refractivity contribution is 0.0663. The predicted octanol–water partition coefficient (Wildman–Crippen LogP) is 4.04. The minimum Gasteiger partial charge on any atom is -0.351 e. The second-order valence-corrected chi connectivity index (χ2v) is 7.01. The summed E-state index contributed by atoms with van der Waals surface area (Å²) in [6.07, 6.45) is -0.500. The first-order valence-electron chi connectivity index (χ1n) is 9.27. The van der Waals surface area contributed by atoms with E-state index in [0.717, 1.165) is 12.8 Å². The van der Waals surface area contributed by atoms with Crippen LogP contribution in [0.25, 0.3) is 11.1 Å². The molecule has 0 spiro atoms. The molecule has 7 nitrogen and oxygen atoms in total. The number of carbonyl (C=O) groups is 1. The number of rotatable bonds is 4. The van der Waals surface area contributed by atoms with Gasteiger partial charge in [-0.15, -0.1) is 0 Å². The number of pyridine rings is 1. The molecule has 0 radical (unpaired) electrons. The van der Waals surface area contributed by atoms with E-state index in [1.165, 1.54) is 6.07 Å². The van der Waals surface area contributed by atoms with Crippen LogP contribution >= 0.6 is 0 Å². The predicted molar refractivity (Wildman–Crippen MR) is 95.3 cm³/mol. The number of nitrogens with zero attached hydrogens (tertiary/aromatic N) is 4. The molecule has 0 saturated carbocycles.